The number of benzene rings is 1. The van der Waals surface area contributed by atoms with Gasteiger partial charge in [-0.3, -0.25) is 4.79 Å². The molecule has 0 aliphatic rings. The van der Waals surface area contributed by atoms with Gasteiger partial charge in [-0.2, -0.15) is 0 Å². The molecule has 0 bridgehead atoms. The minimum atomic E-state index is -0.336. The van der Waals surface area contributed by atoms with E-state index in [1.165, 1.54) is 88.8 Å². The van der Waals surface area contributed by atoms with Gasteiger partial charge in [0.1, 0.15) is 11.5 Å². The first-order valence-corrected chi connectivity index (χ1v) is 10.5. The fraction of sp³-hybridized carbons (Fsp3) is 0.682. The van der Waals surface area contributed by atoms with Crippen molar-refractivity contribution in [2.75, 3.05) is 6.54 Å². The summed E-state index contributed by atoms with van der Waals surface area (Å²) in [6.07, 6.45) is 16.9. The summed E-state index contributed by atoms with van der Waals surface area (Å²) in [7, 11) is 0. The highest BCUT2D eigenvalue weighted by molar-refractivity contribution is 5.97. The molecule has 0 spiro atoms. The summed E-state index contributed by atoms with van der Waals surface area (Å²) in [4.78, 5) is 12.0. The molecule has 0 aliphatic carbocycles. The number of rotatable bonds is 15. The summed E-state index contributed by atoms with van der Waals surface area (Å²) in [6, 6.07) is 3.97. The van der Waals surface area contributed by atoms with Gasteiger partial charge >= 0.3 is 0 Å². The van der Waals surface area contributed by atoms with Crippen LogP contribution in [-0.4, -0.2) is 22.7 Å². The zero-order valence-corrected chi connectivity index (χ0v) is 16.4. The van der Waals surface area contributed by atoms with Crippen molar-refractivity contribution in [3.05, 3.63) is 23.8 Å². The number of carbonyl (C=O) groups is 1. The Morgan fingerprint density at radius 3 is 1.85 bits per heavy atom. The van der Waals surface area contributed by atoms with Crippen molar-refractivity contribution in [1.29, 1.82) is 0 Å². The van der Waals surface area contributed by atoms with Gasteiger partial charge in [-0.15, -0.1) is 0 Å². The Balaban J connectivity index is 1.92. The Labute approximate surface area is 159 Å². The smallest absolute Gasteiger partial charge is 0.255 e. The quantitative estimate of drug-likeness (QED) is 0.268. The molecule has 1 rings (SSSR count). The van der Waals surface area contributed by atoms with Crippen molar-refractivity contribution in [1.82, 2.24) is 5.32 Å². The lowest BCUT2D eigenvalue weighted by Crippen LogP contribution is -2.24. The lowest BCUT2D eigenvalue weighted by molar-refractivity contribution is 0.0950. The maximum Gasteiger partial charge on any atom is 0.255 e. The van der Waals surface area contributed by atoms with Crippen molar-refractivity contribution in [3.63, 3.8) is 0 Å². The van der Waals surface area contributed by atoms with Crippen LogP contribution in [-0.2, 0) is 0 Å². The molecule has 0 heterocycles. The Morgan fingerprint density at radius 1 is 0.808 bits per heavy atom. The van der Waals surface area contributed by atoms with E-state index in [1.54, 1.807) is 0 Å². The average molecular weight is 364 g/mol. The molecule has 0 saturated heterocycles. The molecule has 0 unspecified atom stereocenters. The van der Waals surface area contributed by atoms with Gasteiger partial charge in [0.25, 0.3) is 5.91 Å². The monoisotopic (exact) mass is 363 g/mol. The number of aromatic hydroxyl groups is 2. The van der Waals surface area contributed by atoms with Crippen LogP contribution < -0.4 is 5.32 Å². The number of nitrogens with one attached hydrogen (secondary N) is 1. The molecular formula is C22H37NO3. The van der Waals surface area contributed by atoms with Crippen molar-refractivity contribution in [2.45, 2.75) is 90.4 Å². The van der Waals surface area contributed by atoms with Crippen LogP contribution in [0.1, 0.15) is 101 Å². The second kappa shape index (κ2) is 14.5. The maximum absolute atomic E-state index is 12.0. The van der Waals surface area contributed by atoms with Crippen molar-refractivity contribution in [2.24, 2.45) is 0 Å². The first kappa shape index (κ1) is 22.3. The third kappa shape index (κ3) is 10.3. The number of phenolic OH excluding ortho intramolecular Hbond substituents is 2. The highest BCUT2D eigenvalue weighted by Crippen LogP contribution is 2.21. The number of hydrogen-bond acceptors (Lipinski definition) is 3. The van der Waals surface area contributed by atoms with E-state index in [-0.39, 0.29) is 23.0 Å². The highest BCUT2D eigenvalue weighted by Gasteiger charge is 2.11. The SMILES string of the molecule is CCCCCCCCCCCCCCCNC(=O)c1cc(O)ccc1O. The molecule has 0 fully saturated rings. The summed E-state index contributed by atoms with van der Waals surface area (Å²) in [5.74, 6) is -0.461. The third-order valence-corrected chi connectivity index (χ3v) is 4.79. The molecule has 0 radical (unpaired) electrons. The van der Waals surface area contributed by atoms with Crippen LogP contribution in [0, 0.1) is 0 Å². The Hall–Kier alpha value is -1.71. The first-order chi connectivity index (χ1) is 12.6. The van der Waals surface area contributed by atoms with E-state index < -0.39 is 0 Å². The van der Waals surface area contributed by atoms with Crippen molar-refractivity contribution in [3.8, 4) is 11.5 Å². The predicted octanol–water partition coefficient (Wildman–Crippen LogP) is 5.92. The molecule has 26 heavy (non-hydrogen) atoms. The highest BCUT2D eigenvalue weighted by atomic mass is 16.3. The second-order valence-corrected chi connectivity index (χ2v) is 7.20. The van der Waals surface area contributed by atoms with Crippen molar-refractivity contribution >= 4 is 5.91 Å². The van der Waals surface area contributed by atoms with Gasteiger partial charge in [-0.25, -0.2) is 0 Å². The van der Waals surface area contributed by atoms with Crippen LogP contribution in [0.2, 0.25) is 0 Å². The Kier molecular flexibility index (Phi) is 12.4. The standard InChI is InChI=1S/C22H37NO3/c1-2-3-4-5-6-7-8-9-10-11-12-13-14-17-23-22(26)20-18-19(24)15-16-21(20)25/h15-16,18,24-25H,2-14,17H2,1H3,(H,23,26). The minimum Gasteiger partial charge on any atom is -0.508 e. The van der Waals surface area contributed by atoms with Crippen LogP contribution in [0.15, 0.2) is 18.2 Å². The van der Waals surface area contributed by atoms with Gasteiger partial charge in [-0.05, 0) is 24.6 Å². The summed E-state index contributed by atoms with van der Waals surface area (Å²) in [6.45, 7) is 2.86. The summed E-state index contributed by atoms with van der Waals surface area (Å²) in [5, 5.41) is 21.8. The summed E-state index contributed by atoms with van der Waals surface area (Å²) >= 11 is 0. The topological polar surface area (TPSA) is 69.6 Å². The largest absolute Gasteiger partial charge is 0.508 e. The molecule has 4 heteroatoms. The van der Waals surface area contributed by atoms with Gasteiger partial charge in [-0.1, -0.05) is 84.0 Å². The van der Waals surface area contributed by atoms with Gasteiger partial charge in [0.2, 0.25) is 0 Å². The molecule has 1 aromatic carbocycles. The van der Waals surface area contributed by atoms with Crippen LogP contribution >= 0.6 is 0 Å². The van der Waals surface area contributed by atoms with E-state index in [0.29, 0.717) is 6.54 Å². The zero-order chi connectivity index (χ0) is 19.0. The molecule has 0 aliphatic heterocycles. The van der Waals surface area contributed by atoms with Crippen molar-refractivity contribution < 1.29 is 15.0 Å². The molecular weight excluding hydrogens is 326 g/mol. The average Bonchev–Trinajstić information content (AvgIpc) is 2.63. The maximum atomic E-state index is 12.0. The van der Waals surface area contributed by atoms with Gasteiger partial charge < -0.3 is 15.5 Å². The number of phenols is 2. The van der Waals surface area contributed by atoms with Crippen LogP contribution in [0.25, 0.3) is 0 Å². The molecule has 0 atom stereocenters. The number of unbranched alkanes of at least 4 members (excludes halogenated alkanes) is 12. The van der Waals surface area contributed by atoms with E-state index in [2.05, 4.69) is 12.2 Å². The Morgan fingerprint density at radius 2 is 1.31 bits per heavy atom. The molecule has 4 nitrogen and oxygen atoms in total. The van der Waals surface area contributed by atoms with E-state index >= 15 is 0 Å². The van der Waals surface area contributed by atoms with Gasteiger partial charge in [0.05, 0.1) is 5.56 Å². The molecule has 148 valence electrons. The van der Waals surface area contributed by atoms with Crippen LogP contribution in [0.5, 0.6) is 11.5 Å². The fourth-order valence-corrected chi connectivity index (χ4v) is 3.15. The zero-order valence-electron chi connectivity index (χ0n) is 16.4. The van der Waals surface area contributed by atoms with Crippen LogP contribution in [0.3, 0.4) is 0 Å². The van der Waals surface area contributed by atoms with E-state index in [9.17, 15) is 15.0 Å². The molecule has 0 saturated carbocycles. The molecule has 1 aromatic rings. The van der Waals surface area contributed by atoms with Gasteiger partial charge in [0, 0.05) is 6.54 Å². The lowest BCUT2D eigenvalue weighted by Gasteiger charge is -2.07. The Bertz CT molecular complexity index is 502. The van der Waals surface area contributed by atoms with E-state index in [4.69, 9.17) is 0 Å². The molecule has 1 amide bonds. The summed E-state index contributed by atoms with van der Waals surface area (Å²) in [5.41, 5.74) is 0.125. The molecule has 0 aromatic heterocycles. The van der Waals surface area contributed by atoms with E-state index in [0.717, 1.165) is 12.8 Å². The molecule has 3 N–H and O–H groups in total. The lowest BCUT2D eigenvalue weighted by atomic mass is 10.0. The first-order valence-electron chi connectivity index (χ1n) is 10.5. The second-order valence-electron chi connectivity index (χ2n) is 7.20. The normalized spacial score (nSPS) is 10.8. The summed E-state index contributed by atoms with van der Waals surface area (Å²) < 4.78 is 0. The number of amides is 1. The third-order valence-electron chi connectivity index (χ3n) is 4.79. The number of carbonyl (C=O) groups excluding carboxylic acids is 1. The fourth-order valence-electron chi connectivity index (χ4n) is 3.15. The van der Waals surface area contributed by atoms with E-state index in [1.807, 2.05) is 0 Å². The van der Waals surface area contributed by atoms with Gasteiger partial charge in [0.15, 0.2) is 0 Å². The minimum absolute atomic E-state index is 0.0195. The number of hydrogen-bond donors (Lipinski definition) is 3. The predicted molar refractivity (Wildman–Crippen MR) is 108 cm³/mol. The van der Waals surface area contributed by atoms with Crippen LogP contribution in [0.4, 0.5) is 0 Å².